The zero-order chi connectivity index (χ0) is 16.9. The van der Waals surface area contributed by atoms with E-state index in [1.807, 2.05) is 41.8 Å². The van der Waals surface area contributed by atoms with E-state index in [0.29, 0.717) is 5.75 Å². The van der Waals surface area contributed by atoms with E-state index < -0.39 is 11.9 Å². The van der Waals surface area contributed by atoms with Gasteiger partial charge in [0.2, 0.25) is 0 Å². The molecule has 1 aromatic heterocycles. The lowest BCUT2D eigenvalue weighted by Gasteiger charge is -1.97. The van der Waals surface area contributed by atoms with Gasteiger partial charge in [-0.15, -0.1) is 11.8 Å². The highest BCUT2D eigenvalue weighted by atomic mass is 32.2. The van der Waals surface area contributed by atoms with E-state index in [2.05, 4.69) is 5.38 Å². The van der Waals surface area contributed by atoms with Crippen molar-refractivity contribution in [2.75, 3.05) is 5.75 Å². The van der Waals surface area contributed by atoms with E-state index in [4.69, 9.17) is 10.2 Å². The van der Waals surface area contributed by atoms with Gasteiger partial charge in [-0.1, -0.05) is 18.2 Å². The van der Waals surface area contributed by atoms with Crippen LogP contribution in [0.2, 0.25) is 0 Å². The molecule has 0 radical (unpaired) electrons. The van der Waals surface area contributed by atoms with E-state index in [9.17, 15) is 9.59 Å². The Morgan fingerprint density at radius 3 is 2.26 bits per heavy atom. The Morgan fingerprint density at radius 2 is 1.70 bits per heavy atom. The Labute approximate surface area is 144 Å². The van der Waals surface area contributed by atoms with Crippen LogP contribution in [-0.2, 0) is 16.0 Å². The molecule has 0 saturated carbocycles. The number of carboxylic acid groups (broad SMARTS) is 2. The molecule has 124 valence electrons. The third kappa shape index (κ3) is 10.5. The maximum Gasteiger partial charge on any atom is 0.304 e. The van der Waals surface area contributed by atoms with E-state index in [1.54, 1.807) is 23.1 Å². The minimum Gasteiger partial charge on any atom is -0.481 e. The summed E-state index contributed by atoms with van der Waals surface area (Å²) in [5.41, 5.74) is 1.25. The van der Waals surface area contributed by atoms with Gasteiger partial charge in [-0.2, -0.15) is 11.3 Å². The standard InChI is InChI=1S/C9H10O2S.C8H10O2S/c10-9(11)6-7-12-8-4-2-1-3-5-8;9-8(10)3-1-2-7-4-5-11-6-7/h1-5H,6-7H2,(H,10,11);4-6H,1-3H2,(H,9,10). The number of carbonyl (C=O) groups is 2. The summed E-state index contributed by atoms with van der Waals surface area (Å²) < 4.78 is 0. The van der Waals surface area contributed by atoms with Gasteiger partial charge < -0.3 is 10.2 Å². The van der Waals surface area contributed by atoms with Crippen LogP contribution in [0.3, 0.4) is 0 Å². The second-order valence-corrected chi connectivity index (χ2v) is 6.63. The van der Waals surface area contributed by atoms with Crippen LogP contribution in [-0.4, -0.2) is 27.9 Å². The lowest BCUT2D eigenvalue weighted by molar-refractivity contribution is -0.137. The highest BCUT2D eigenvalue weighted by Gasteiger charge is 1.98. The molecule has 0 amide bonds. The monoisotopic (exact) mass is 352 g/mol. The van der Waals surface area contributed by atoms with Crippen molar-refractivity contribution in [1.29, 1.82) is 0 Å². The first kappa shape index (κ1) is 19.3. The first-order chi connectivity index (χ1) is 11.1. The van der Waals surface area contributed by atoms with Crippen molar-refractivity contribution in [2.45, 2.75) is 30.6 Å². The van der Waals surface area contributed by atoms with Crippen LogP contribution in [0.15, 0.2) is 52.1 Å². The molecule has 0 saturated heterocycles. The zero-order valence-corrected chi connectivity index (χ0v) is 14.3. The number of thioether (sulfide) groups is 1. The van der Waals surface area contributed by atoms with Crippen LogP contribution in [0.4, 0.5) is 0 Å². The average molecular weight is 352 g/mol. The SMILES string of the molecule is O=C(O)CCCc1ccsc1.O=C(O)CCSc1ccccc1. The van der Waals surface area contributed by atoms with Crippen LogP contribution in [0.25, 0.3) is 0 Å². The van der Waals surface area contributed by atoms with Crippen molar-refractivity contribution in [3.63, 3.8) is 0 Å². The Kier molecular flexibility index (Phi) is 9.83. The predicted octanol–water partition coefficient (Wildman–Crippen LogP) is 4.41. The highest BCUT2D eigenvalue weighted by Crippen LogP contribution is 2.17. The number of hydrogen-bond donors (Lipinski definition) is 2. The predicted molar refractivity (Wildman–Crippen MR) is 94.3 cm³/mol. The molecule has 0 fully saturated rings. The van der Waals surface area contributed by atoms with Crippen molar-refractivity contribution in [3.8, 4) is 0 Å². The highest BCUT2D eigenvalue weighted by molar-refractivity contribution is 7.99. The third-order valence-corrected chi connectivity index (χ3v) is 4.51. The van der Waals surface area contributed by atoms with Gasteiger partial charge >= 0.3 is 11.9 Å². The molecule has 2 N–H and O–H groups in total. The summed E-state index contributed by atoms with van der Waals surface area (Å²) in [6.45, 7) is 0. The van der Waals surface area contributed by atoms with Crippen molar-refractivity contribution < 1.29 is 19.8 Å². The summed E-state index contributed by atoms with van der Waals surface area (Å²) in [6, 6.07) is 11.8. The van der Waals surface area contributed by atoms with Crippen molar-refractivity contribution in [2.24, 2.45) is 0 Å². The van der Waals surface area contributed by atoms with E-state index >= 15 is 0 Å². The van der Waals surface area contributed by atoms with Gasteiger partial charge in [0, 0.05) is 17.1 Å². The molecule has 0 aliphatic rings. The molecular weight excluding hydrogens is 332 g/mol. The normalized spacial score (nSPS) is 9.74. The minimum absolute atomic E-state index is 0.222. The van der Waals surface area contributed by atoms with Gasteiger partial charge in [0.25, 0.3) is 0 Å². The van der Waals surface area contributed by atoms with Gasteiger partial charge in [-0.25, -0.2) is 0 Å². The summed E-state index contributed by atoms with van der Waals surface area (Å²) in [7, 11) is 0. The van der Waals surface area contributed by atoms with Crippen LogP contribution < -0.4 is 0 Å². The number of hydrogen-bond acceptors (Lipinski definition) is 4. The average Bonchev–Trinajstić information content (AvgIpc) is 3.02. The van der Waals surface area contributed by atoms with Crippen molar-refractivity contribution >= 4 is 35.0 Å². The molecule has 4 nitrogen and oxygen atoms in total. The Hall–Kier alpha value is -1.79. The van der Waals surface area contributed by atoms with E-state index in [1.165, 1.54) is 5.56 Å². The summed E-state index contributed by atoms with van der Waals surface area (Å²) >= 11 is 3.22. The van der Waals surface area contributed by atoms with Crippen LogP contribution in [0, 0.1) is 0 Å². The maximum absolute atomic E-state index is 10.2. The van der Waals surface area contributed by atoms with Crippen molar-refractivity contribution in [3.05, 3.63) is 52.7 Å². The fourth-order valence-electron chi connectivity index (χ4n) is 1.65. The lowest BCUT2D eigenvalue weighted by Crippen LogP contribution is -1.95. The molecule has 0 spiro atoms. The van der Waals surface area contributed by atoms with Crippen molar-refractivity contribution in [1.82, 2.24) is 0 Å². The molecule has 1 heterocycles. The largest absolute Gasteiger partial charge is 0.481 e. The molecule has 23 heavy (non-hydrogen) atoms. The number of thiophene rings is 1. The molecule has 0 unspecified atom stereocenters. The quantitative estimate of drug-likeness (QED) is 0.688. The fraction of sp³-hybridized carbons (Fsp3) is 0.294. The molecule has 0 atom stereocenters. The summed E-state index contributed by atoms with van der Waals surface area (Å²) in [5, 5.41) is 20.8. The molecule has 0 aliphatic carbocycles. The summed E-state index contributed by atoms with van der Waals surface area (Å²) in [6.07, 6.45) is 2.12. The van der Waals surface area contributed by atoms with Crippen LogP contribution in [0.1, 0.15) is 24.8 Å². The van der Waals surface area contributed by atoms with Gasteiger partial charge in [-0.05, 0) is 47.4 Å². The number of aryl methyl sites for hydroxylation is 1. The van der Waals surface area contributed by atoms with Crippen LogP contribution >= 0.6 is 23.1 Å². The van der Waals surface area contributed by atoms with Crippen LogP contribution in [0.5, 0.6) is 0 Å². The number of rotatable bonds is 8. The molecule has 1 aromatic carbocycles. The van der Waals surface area contributed by atoms with Gasteiger partial charge in [0.15, 0.2) is 0 Å². The number of aliphatic carboxylic acids is 2. The Bertz CT molecular complexity index is 568. The second-order valence-electron chi connectivity index (χ2n) is 4.68. The molecular formula is C17H20O4S2. The summed E-state index contributed by atoms with van der Waals surface area (Å²) in [4.78, 5) is 21.4. The molecule has 2 rings (SSSR count). The Morgan fingerprint density at radius 1 is 1.00 bits per heavy atom. The topological polar surface area (TPSA) is 74.6 Å². The number of carboxylic acids is 2. The fourth-order valence-corrected chi connectivity index (χ4v) is 3.22. The molecule has 0 bridgehead atoms. The van der Waals surface area contributed by atoms with Gasteiger partial charge in [0.05, 0.1) is 6.42 Å². The molecule has 0 aliphatic heterocycles. The second kappa shape index (κ2) is 11.7. The molecule has 2 aromatic rings. The van der Waals surface area contributed by atoms with E-state index in [0.717, 1.165) is 17.7 Å². The third-order valence-electron chi connectivity index (χ3n) is 2.76. The summed E-state index contributed by atoms with van der Waals surface area (Å²) in [5.74, 6) is -0.807. The Balaban J connectivity index is 0.000000231. The number of benzene rings is 1. The van der Waals surface area contributed by atoms with Gasteiger partial charge in [0.1, 0.15) is 0 Å². The lowest BCUT2D eigenvalue weighted by atomic mass is 10.1. The first-order valence-electron chi connectivity index (χ1n) is 7.20. The smallest absolute Gasteiger partial charge is 0.304 e. The maximum atomic E-state index is 10.2. The molecule has 6 heteroatoms. The van der Waals surface area contributed by atoms with E-state index in [-0.39, 0.29) is 12.8 Å². The minimum atomic E-state index is -0.738. The zero-order valence-electron chi connectivity index (χ0n) is 12.7. The van der Waals surface area contributed by atoms with Gasteiger partial charge in [-0.3, -0.25) is 9.59 Å². The first-order valence-corrected chi connectivity index (χ1v) is 9.13.